The van der Waals surface area contributed by atoms with Crippen LogP contribution in [0.2, 0.25) is 0 Å². The molecule has 0 aromatic carbocycles. The van der Waals surface area contributed by atoms with Crippen LogP contribution >= 0.6 is 11.3 Å². The zero-order chi connectivity index (χ0) is 15.4. The zero-order valence-electron chi connectivity index (χ0n) is 10.6. The van der Waals surface area contributed by atoms with Gasteiger partial charge in [0.2, 0.25) is 5.95 Å². The van der Waals surface area contributed by atoms with Crippen LogP contribution in [-0.4, -0.2) is 55.3 Å². The van der Waals surface area contributed by atoms with Gasteiger partial charge in [0.25, 0.3) is 0 Å². The van der Waals surface area contributed by atoms with Gasteiger partial charge in [0.1, 0.15) is 22.7 Å². The molecular weight excluding hydrogens is 302 g/mol. The normalized spacial score (nSPS) is 29.3. The number of nitrogens with zero attached hydrogens (tertiary/aromatic N) is 3. The fraction of sp³-hybridized carbons (Fsp3) is 0.500. The van der Waals surface area contributed by atoms with Crippen molar-refractivity contribution in [3.63, 3.8) is 0 Å². The minimum atomic E-state index is -2.06. The van der Waals surface area contributed by atoms with Crippen molar-refractivity contribution in [1.29, 1.82) is 0 Å². The van der Waals surface area contributed by atoms with E-state index in [4.69, 9.17) is 21.3 Å². The van der Waals surface area contributed by atoms with Crippen molar-refractivity contribution >= 4 is 33.5 Å². The summed E-state index contributed by atoms with van der Waals surface area (Å²) in [6.07, 6.45) is -2.51. The quantitative estimate of drug-likeness (QED) is 0.399. The Bertz CT molecular complexity index is 760. The van der Waals surface area contributed by atoms with Gasteiger partial charge in [0, 0.05) is 0 Å². The number of rotatable bonds is 2. The Morgan fingerprint density at radius 1 is 1.48 bits per heavy atom. The number of ether oxygens (including phenoxy) is 1. The summed E-state index contributed by atoms with van der Waals surface area (Å²) in [6, 6.07) is 0. The van der Waals surface area contributed by atoms with E-state index in [2.05, 4.69) is 9.97 Å². The number of thiazole rings is 1. The van der Waals surface area contributed by atoms with Crippen molar-refractivity contribution in [3.05, 3.63) is 9.67 Å². The van der Waals surface area contributed by atoms with Crippen molar-refractivity contribution in [2.24, 2.45) is 0 Å². The average molecular weight is 315 g/mol. The minimum Gasteiger partial charge on any atom is -0.394 e. The lowest BCUT2D eigenvalue weighted by Gasteiger charge is -2.26. The van der Waals surface area contributed by atoms with E-state index in [1.807, 2.05) is 0 Å². The Balaban J connectivity index is 2.26. The third-order valence-corrected chi connectivity index (χ3v) is 4.33. The van der Waals surface area contributed by atoms with Crippen molar-refractivity contribution in [2.75, 3.05) is 24.7 Å². The highest BCUT2D eigenvalue weighted by atomic mass is 32.1. The molecule has 0 spiro atoms. The molecule has 0 bridgehead atoms. The Kier molecular flexibility index (Phi) is 3.11. The number of aromatic nitrogens is 3. The van der Waals surface area contributed by atoms with Crippen molar-refractivity contribution < 1.29 is 20.1 Å². The molecule has 1 fully saturated rings. The van der Waals surface area contributed by atoms with Crippen molar-refractivity contribution in [1.82, 2.24) is 14.5 Å². The Hall–Kier alpha value is -1.79. The summed E-state index contributed by atoms with van der Waals surface area (Å²) in [5.74, 6) is -0.156. The summed E-state index contributed by atoms with van der Waals surface area (Å²) >= 11 is 0.723. The number of anilines is 2. The molecule has 114 valence electrons. The van der Waals surface area contributed by atoms with E-state index in [9.17, 15) is 15.0 Å². The number of fused-ring (bicyclic) bond motifs is 1. The molecule has 2 aromatic heterocycles. The van der Waals surface area contributed by atoms with Crippen LogP contribution in [0.15, 0.2) is 4.79 Å². The molecule has 1 saturated heterocycles. The molecule has 3 heterocycles. The van der Waals surface area contributed by atoms with E-state index in [0.717, 1.165) is 15.9 Å². The second kappa shape index (κ2) is 4.61. The predicted octanol–water partition coefficient (Wildman–Crippen LogP) is -2.59. The van der Waals surface area contributed by atoms with Crippen LogP contribution in [0.5, 0.6) is 0 Å². The highest BCUT2D eigenvalue weighted by Crippen LogP contribution is 2.33. The first-order valence-electron chi connectivity index (χ1n) is 5.96. The number of nitrogens with two attached hydrogens (primary N) is 2. The van der Waals surface area contributed by atoms with Gasteiger partial charge in [-0.05, 0) is 0 Å². The highest BCUT2D eigenvalue weighted by molar-refractivity contribution is 7.17. The molecule has 2 aromatic rings. The molecule has 0 aliphatic carbocycles. The van der Waals surface area contributed by atoms with Gasteiger partial charge in [-0.1, -0.05) is 11.3 Å². The van der Waals surface area contributed by atoms with Crippen LogP contribution < -0.4 is 16.3 Å². The maximum absolute atomic E-state index is 12.2. The number of hydrogen-bond acceptors (Lipinski definition) is 10. The predicted molar refractivity (Wildman–Crippen MR) is 73.5 cm³/mol. The van der Waals surface area contributed by atoms with E-state index >= 15 is 0 Å². The molecule has 0 radical (unpaired) electrons. The van der Waals surface area contributed by atoms with E-state index in [1.165, 1.54) is 0 Å². The van der Waals surface area contributed by atoms with Crippen LogP contribution in [-0.2, 0) is 10.5 Å². The van der Waals surface area contributed by atoms with Crippen LogP contribution in [0.25, 0.3) is 10.3 Å². The molecule has 0 unspecified atom stereocenters. The monoisotopic (exact) mass is 315 g/mol. The number of hydrogen-bond donors (Lipinski definition) is 5. The lowest BCUT2D eigenvalue weighted by atomic mass is 10.1. The minimum absolute atomic E-state index is 0.00839. The first-order chi connectivity index (χ1) is 9.88. The molecule has 3 rings (SSSR count). The third-order valence-electron chi connectivity index (χ3n) is 3.38. The van der Waals surface area contributed by atoms with Gasteiger partial charge >= 0.3 is 4.87 Å². The summed E-state index contributed by atoms with van der Waals surface area (Å²) in [6.45, 7) is -0.880. The summed E-state index contributed by atoms with van der Waals surface area (Å²) in [4.78, 5) is 19.2. The molecule has 21 heavy (non-hydrogen) atoms. The van der Waals surface area contributed by atoms with Gasteiger partial charge in [0.05, 0.1) is 13.2 Å². The fourth-order valence-corrected chi connectivity index (χ4v) is 3.23. The Labute approximate surface area is 121 Å². The lowest BCUT2D eigenvalue weighted by Crippen LogP contribution is -2.50. The number of aliphatic hydroxyl groups excluding tert-OH is 2. The average Bonchev–Trinajstić information content (AvgIpc) is 2.89. The topological polar surface area (TPSA) is 170 Å². The fourth-order valence-electron chi connectivity index (χ4n) is 2.34. The first-order valence-corrected chi connectivity index (χ1v) is 6.78. The van der Waals surface area contributed by atoms with E-state index < -0.39 is 29.4 Å². The van der Waals surface area contributed by atoms with Gasteiger partial charge in [0.15, 0.2) is 11.4 Å². The summed E-state index contributed by atoms with van der Waals surface area (Å²) in [5, 5.41) is 29.8. The highest BCUT2D eigenvalue weighted by Gasteiger charge is 2.51. The smallest absolute Gasteiger partial charge is 0.312 e. The second-order valence-corrected chi connectivity index (χ2v) is 5.64. The molecule has 1 aliphatic rings. The lowest BCUT2D eigenvalue weighted by molar-refractivity contribution is -0.111. The van der Waals surface area contributed by atoms with Gasteiger partial charge in [-0.15, -0.1) is 0 Å². The molecular formula is C10H13N5O5S. The van der Waals surface area contributed by atoms with E-state index in [1.54, 1.807) is 0 Å². The van der Waals surface area contributed by atoms with Crippen LogP contribution in [0.4, 0.5) is 11.8 Å². The third kappa shape index (κ3) is 1.90. The maximum atomic E-state index is 12.2. The van der Waals surface area contributed by atoms with Gasteiger partial charge in [-0.3, -0.25) is 4.79 Å². The largest absolute Gasteiger partial charge is 0.394 e. The number of aliphatic hydroxyl groups is 3. The molecule has 10 nitrogen and oxygen atoms in total. The summed E-state index contributed by atoms with van der Waals surface area (Å²) in [5.41, 5.74) is 9.14. The second-order valence-electron chi connectivity index (χ2n) is 4.68. The molecule has 11 heteroatoms. The molecule has 1 aliphatic heterocycles. The van der Waals surface area contributed by atoms with Crippen molar-refractivity contribution in [2.45, 2.75) is 17.9 Å². The van der Waals surface area contributed by atoms with Gasteiger partial charge < -0.3 is 31.5 Å². The SMILES string of the molecule is Nc1nc(N)c2sc(=O)n([C@@]3(O)CO[C@H](CO)[C@H]3O)c2n1. The number of nitrogen functional groups attached to an aromatic ring is 2. The van der Waals surface area contributed by atoms with Crippen LogP contribution in [0.3, 0.4) is 0 Å². The van der Waals surface area contributed by atoms with Gasteiger partial charge in [-0.2, -0.15) is 9.97 Å². The molecule has 0 amide bonds. The summed E-state index contributed by atoms with van der Waals surface area (Å²) < 4.78 is 6.24. The zero-order valence-corrected chi connectivity index (χ0v) is 11.4. The van der Waals surface area contributed by atoms with E-state index in [-0.39, 0.29) is 28.7 Å². The van der Waals surface area contributed by atoms with Crippen molar-refractivity contribution in [3.8, 4) is 0 Å². The first kappa shape index (κ1) is 14.2. The Morgan fingerprint density at radius 2 is 2.19 bits per heavy atom. The maximum Gasteiger partial charge on any atom is 0.312 e. The standard InChI is InChI=1S/C10H13N5O5S/c11-6-4-7(14-8(12)13-6)15(9(18)21-4)10(19)2-20-3(1-16)5(10)17/h3,5,16-17,19H,1-2H2,(H4,11,12,13,14)/t3-,5-,10-/m1/s1. The van der Waals surface area contributed by atoms with Crippen LogP contribution in [0, 0.1) is 0 Å². The van der Waals surface area contributed by atoms with E-state index in [0.29, 0.717) is 0 Å². The molecule has 0 saturated carbocycles. The van der Waals surface area contributed by atoms with Gasteiger partial charge in [-0.25, -0.2) is 4.57 Å². The molecule has 3 atom stereocenters. The Morgan fingerprint density at radius 3 is 2.81 bits per heavy atom. The summed E-state index contributed by atoms with van der Waals surface area (Å²) in [7, 11) is 0. The van der Waals surface area contributed by atoms with Crippen LogP contribution in [0.1, 0.15) is 0 Å². The molecule has 7 N–H and O–H groups in total.